The zero-order valence-corrected chi connectivity index (χ0v) is 7.16. The SMILES string of the molecule is [CH2]CC/C=C/c1ccc(N)cc1. The van der Waals surface area contributed by atoms with Crippen LogP contribution in [0.1, 0.15) is 18.4 Å². The van der Waals surface area contributed by atoms with Crippen molar-refractivity contribution in [1.29, 1.82) is 0 Å². The standard InChI is InChI=1S/C11H14N/c1-2-3-4-5-10-6-8-11(12)9-7-10/h4-9H,1-3,12H2/b5-4+. The number of allylic oxidation sites excluding steroid dienone is 1. The van der Waals surface area contributed by atoms with Crippen LogP contribution in [-0.4, -0.2) is 0 Å². The van der Waals surface area contributed by atoms with Gasteiger partial charge in [-0.1, -0.05) is 31.2 Å². The van der Waals surface area contributed by atoms with E-state index >= 15 is 0 Å². The number of anilines is 1. The molecule has 0 heterocycles. The Kier molecular flexibility index (Phi) is 3.39. The molecule has 0 aliphatic carbocycles. The van der Waals surface area contributed by atoms with Crippen LogP contribution in [0.15, 0.2) is 30.3 Å². The predicted molar refractivity (Wildman–Crippen MR) is 54.5 cm³/mol. The second kappa shape index (κ2) is 4.60. The minimum atomic E-state index is 0.810. The summed E-state index contributed by atoms with van der Waals surface area (Å²) in [6.07, 6.45) is 6.19. The lowest BCUT2D eigenvalue weighted by Gasteiger charge is -1.93. The van der Waals surface area contributed by atoms with E-state index in [2.05, 4.69) is 19.1 Å². The van der Waals surface area contributed by atoms with Crippen LogP contribution in [0.5, 0.6) is 0 Å². The molecular formula is C11H14N. The molecule has 0 amide bonds. The molecule has 0 aliphatic heterocycles. The molecule has 1 rings (SSSR count). The van der Waals surface area contributed by atoms with Gasteiger partial charge in [-0.3, -0.25) is 0 Å². The summed E-state index contributed by atoms with van der Waals surface area (Å²) in [7, 11) is 0. The summed E-state index contributed by atoms with van der Waals surface area (Å²) in [4.78, 5) is 0. The van der Waals surface area contributed by atoms with Crippen molar-refractivity contribution in [2.24, 2.45) is 0 Å². The predicted octanol–water partition coefficient (Wildman–Crippen LogP) is 2.90. The Morgan fingerprint density at radius 3 is 2.50 bits per heavy atom. The van der Waals surface area contributed by atoms with E-state index in [4.69, 9.17) is 5.73 Å². The van der Waals surface area contributed by atoms with Gasteiger partial charge >= 0.3 is 0 Å². The van der Waals surface area contributed by atoms with Crippen LogP contribution in [0.25, 0.3) is 6.08 Å². The number of rotatable bonds is 3. The average Bonchev–Trinajstić information content (AvgIpc) is 2.09. The lowest BCUT2D eigenvalue weighted by atomic mass is 10.2. The molecule has 0 aliphatic rings. The summed E-state index contributed by atoms with van der Waals surface area (Å²) in [5.41, 5.74) is 7.55. The molecule has 0 fully saturated rings. The van der Waals surface area contributed by atoms with E-state index in [9.17, 15) is 0 Å². The van der Waals surface area contributed by atoms with Crippen LogP contribution in [0.4, 0.5) is 5.69 Å². The zero-order chi connectivity index (χ0) is 8.81. The molecule has 0 bridgehead atoms. The summed E-state index contributed by atoms with van der Waals surface area (Å²) in [5.74, 6) is 0. The van der Waals surface area contributed by atoms with E-state index in [0.29, 0.717) is 0 Å². The number of nitrogen functional groups attached to an aromatic ring is 1. The molecule has 1 radical (unpaired) electrons. The van der Waals surface area contributed by atoms with Crippen molar-refractivity contribution >= 4 is 11.8 Å². The Morgan fingerprint density at radius 1 is 1.25 bits per heavy atom. The van der Waals surface area contributed by atoms with Gasteiger partial charge in [-0.15, -0.1) is 0 Å². The Hall–Kier alpha value is -1.24. The summed E-state index contributed by atoms with van der Waals surface area (Å²) in [5, 5.41) is 0. The number of benzene rings is 1. The number of nitrogens with two attached hydrogens (primary N) is 1. The van der Waals surface area contributed by atoms with Crippen molar-refractivity contribution in [3.8, 4) is 0 Å². The third-order valence-electron chi connectivity index (χ3n) is 1.62. The number of unbranched alkanes of at least 4 members (excludes halogenated alkanes) is 1. The van der Waals surface area contributed by atoms with E-state index in [1.165, 1.54) is 5.56 Å². The fourth-order valence-corrected chi connectivity index (χ4v) is 0.944. The van der Waals surface area contributed by atoms with Crippen molar-refractivity contribution in [2.45, 2.75) is 12.8 Å². The monoisotopic (exact) mass is 160 g/mol. The maximum Gasteiger partial charge on any atom is 0.0314 e. The van der Waals surface area contributed by atoms with E-state index in [1.807, 2.05) is 24.3 Å². The first kappa shape index (κ1) is 8.85. The third-order valence-corrected chi connectivity index (χ3v) is 1.62. The van der Waals surface area contributed by atoms with Gasteiger partial charge in [0.1, 0.15) is 0 Å². The van der Waals surface area contributed by atoms with Crippen LogP contribution in [0, 0.1) is 6.92 Å². The fourth-order valence-electron chi connectivity index (χ4n) is 0.944. The molecule has 0 aromatic heterocycles. The van der Waals surface area contributed by atoms with E-state index < -0.39 is 0 Å². The van der Waals surface area contributed by atoms with Crippen LogP contribution in [-0.2, 0) is 0 Å². The lowest BCUT2D eigenvalue weighted by Crippen LogP contribution is -1.82. The molecule has 1 nitrogen and oxygen atoms in total. The van der Waals surface area contributed by atoms with Gasteiger partial charge in [0.25, 0.3) is 0 Å². The second-order valence-corrected chi connectivity index (χ2v) is 2.71. The van der Waals surface area contributed by atoms with Gasteiger partial charge in [0.2, 0.25) is 0 Å². The van der Waals surface area contributed by atoms with Gasteiger partial charge in [0, 0.05) is 5.69 Å². The summed E-state index contributed by atoms with van der Waals surface area (Å²) in [6.45, 7) is 3.76. The highest BCUT2D eigenvalue weighted by molar-refractivity contribution is 5.53. The Balaban J connectivity index is 2.58. The minimum absolute atomic E-state index is 0.810. The van der Waals surface area contributed by atoms with E-state index in [-0.39, 0.29) is 0 Å². The van der Waals surface area contributed by atoms with Gasteiger partial charge in [-0.05, 0) is 30.5 Å². The molecule has 0 spiro atoms. The Bertz CT molecular complexity index is 246. The lowest BCUT2D eigenvalue weighted by molar-refractivity contribution is 1.06. The minimum Gasteiger partial charge on any atom is -0.399 e. The molecule has 0 atom stereocenters. The van der Waals surface area contributed by atoms with Gasteiger partial charge in [-0.2, -0.15) is 0 Å². The first-order valence-corrected chi connectivity index (χ1v) is 4.14. The highest BCUT2D eigenvalue weighted by Gasteiger charge is 1.85. The van der Waals surface area contributed by atoms with Gasteiger partial charge < -0.3 is 5.73 Å². The van der Waals surface area contributed by atoms with Gasteiger partial charge in [0.15, 0.2) is 0 Å². The van der Waals surface area contributed by atoms with Gasteiger partial charge in [0.05, 0.1) is 0 Å². The molecule has 0 unspecified atom stereocenters. The van der Waals surface area contributed by atoms with E-state index in [0.717, 1.165) is 18.5 Å². The highest BCUT2D eigenvalue weighted by atomic mass is 14.5. The quantitative estimate of drug-likeness (QED) is 0.676. The summed E-state index contributed by atoms with van der Waals surface area (Å²) >= 11 is 0. The molecule has 0 saturated heterocycles. The Labute approximate surface area is 73.9 Å². The van der Waals surface area contributed by atoms with Crippen LogP contribution in [0.3, 0.4) is 0 Å². The van der Waals surface area contributed by atoms with Crippen molar-refractivity contribution in [3.05, 3.63) is 42.8 Å². The molecule has 1 aromatic rings. The Morgan fingerprint density at radius 2 is 1.92 bits per heavy atom. The molecule has 12 heavy (non-hydrogen) atoms. The normalized spacial score (nSPS) is 10.8. The molecular weight excluding hydrogens is 146 g/mol. The van der Waals surface area contributed by atoms with E-state index in [1.54, 1.807) is 0 Å². The summed E-state index contributed by atoms with van der Waals surface area (Å²) in [6, 6.07) is 7.83. The van der Waals surface area contributed by atoms with Crippen LogP contribution in [0.2, 0.25) is 0 Å². The smallest absolute Gasteiger partial charge is 0.0314 e. The fraction of sp³-hybridized carbons (Fsp3) is 0.182. The largest absolute Gasteiger partial charge is 0.399 e. The topological polar surface area (TPSA) is 26.0 Å². The van der Waals surface area contributed by atoms with Crippen molar-refractivity contribution in [1.82, 2.24) is 0 Å². The molecule has 63 valence electrons. The van der Waals surface area contributed by atoms with Crippen molar-refractivity contribution in [2.75, 3.05) is 5.73 Å². The average molecular weight is 160 g/mol. The summed E-state index contributed by atoms with van der Waals surface area (Å²) < 4.78 is 0. The van der Waals surface area contributed by atoms with Crippen molar-refractivity contribution in [3.63, 3.8) is 0 Å². The molecule has 1 heteroatoms. The highest BCUT2D eigenvalue weighted by Crippen LogP contribution is 2.07. The molecule has 0 saturated carbocycles. The second-order valence-electron chi connectivity index (χ2n) is 2.71. The molecule has 1 aromatic carbocycles. The number of hydrogen-bond acceptors (Lipinski definition) is 1. The maximum atomic E-state index is 5.55. The van der Waals surface area contributed by atoms with Crippen LogP contribution < -0.4 is 5.73 Å². The zero-order valence-electron chi connectivity index (χ0n) is 7.16. The maximum absolute atomic E-state index is 5.55. The van der Waals surface area contributed by atoms with Gasteiger partial charge in [-0.25, -0.2) is 0 Å². The molecule has 2 N–H and O–H groups in total. The number of hydrogen-bond donors (Lipinski definition) is 1. The first-order chi connectivity index (χ1) is 5.83. The third kappa shape index (κ3) is 2.79. The first-order valence-electron chi connectivity index (χ1n) is 4.14. The van der Waals surface area contributed by atoms with Crippen LogP contribution >= 0.6 is 0 Å². The van der Waals surface area contributed by atoms with Crippen molar-refractivity contribution < 1.29 is 0 Å².